The Hall–Kier alpha value is -1.01. The molecular weight excluding hydrogens is 298 g/mol. The number of nitrogens with two attached hydrogens (primary N) is 1. The normalized spacial score (nSPS) is 17.6. The number of ether oxygens (including phenoxy) is 1. The average Bonchev–Trinajstić information content (AvgIpc) is 2.82. The molecule has 1 atom stereocenters. The van der Waals surface area contributed by atoms with Crippen LogP contribution in [0.15, 0.2) is 18.2 Å². The Bertz CT molecular complexity index is 446. The first-order valence-electron chi connectivity index (χ1n) is 6.17. The SMILES string of the molecule is Cl.N[C@H](c1ccc(OC(F)(F)F)c(F)c1)C1CCCC1. The van der Waals surface area contributed by atoms with E-state index in [0.29, 0.717) is 5.56 Å². The first kappa shape index (κ1) is 17.0. The van der Waals surface area contributed by atoms with E-state index >= 15 is 0 Å². The Labute approximate surface area is 120 Å². The van der Waals surface area contributed by atoms with Crippen LogP contribution in [0.3, 0.4) is 0 Å². The van der Waals surface area contributed by atoms with Crippen molar-refractivity contribution in [3.8, 4) is 5.75 Å². The highest BCUT2D eigenvalue weighted by Gasteiger charge is 2.32. The van der Waals surface area contributed by atoms with E-state index in [-0.39, 0.29) is 24.4 Å². The Balaban J connectivity index is 0.00000200. The molecule has 2 nitrogen and oxygen atoms in total. The standard InChI is InChI=1S/C13H15F4NO.ClH/c14-10-7-9(12(18)8-3-1-2-4-8)5-6-11(10)19-13(15,16)17;/h5-8,12H,1-4,18H2;1H/t12-;/m0./s1. The van der Waals surface area contributed by atoms with E-state index in [9.17, 15) is 17.6 Å². The summed E-state index contributed by atoms with van der Waals surface area (Å²) in [7, 11) is 0. The summed E-state index contributed by atoms with van der Waals surface area (Å²) in [5.74, 6) is -1.59. The van der Waals surface area contributed by atoms with Crippen LogP contribution in [0.4, 0.5) is 17.6 Å². The number of benzene rings is 1. The zero-order valence-corrected chi connectivity index (χ0v) is 11.4. The largest absolute Gasteiger partial charge is 0.573 e. The second kappa shape index (κ2) is 6.63. The van der Waals surface area contributed by atoms with Gasteiger partial charge in [-0.25, -0.2) is 4.39 Å². The van der Waals surface area contributed by atoms with Gasteiger partial charge in [-0.2, -0.15) is 0 Å². The predicted octanol–water partition coefficient (Wildman–Crippen LogP) is 4.34. The lowest BCUT2D eigenvalue weighted by Gasteiger charge is -2.20. The maximum atomic E-state index is 13.5. The van der Waals surface area contributed by atoms with Gasteiger partial charge in [-0.1, -0.05) is 18.9 Å². The van der Waals surface area contributed by atoms with Gasteiger partial charge < -0.3 is 10.5 Å². The maximum absolute atomic E-state index is 13.5. The summed E-state index contributed by atoms with van der Waals surface area (Å²) in [5.41, 5.74) is 6.53. The minimum absolute atomic E-state index is 0. The van der Waals surface area contributed by atoms with E-state index in [1.54, 1.807) is 0 Å². The fraction of sp³-hybridized carbons (Fsp3) is 0.538. The first-order chi connectivity index (χ1) is 8.87. The number of alkyl halides is 3. The maximum Gasteiger partial charge on any atom is 0.573 e. The minimum Gasteiger partial charge on any atom is -0.403 e. The van der Waals surface area contributed by atoms with Gasteiger partial charge in [0.2, 0.25) is 0 Å². The molecule has 1 saturated carbocycles. The molecule has 2 rings (SSSR count). The number of halogens is 5. The highest BCUT2D eigenvalue weighted by atomic mass is 35.5. The van der Waals surface area contributed by atoms with E-state index < -0.39 is 17.9 Å². The Morgan fingerprint density at radius 1 is 1.20 bits per heavy atom. The van der Waals surface area contributed by atoms with E-state index in [1.807, 2.05) is 0 Å². The van der Waals surface area contributed by atoms with Crippen LogP contribution in [0.5, 0.6) is 5.75 Å². The molecule has 1 fully saturated rings. The summed E-state index contributed by atoms with van der Waals surface area (Å²) in [6, 6.07) is 3.07. The van der Waals surface area contributed by atoms with E-state index in [2.05, 4.69) is 4.74 Å². The molecule has 1 aliphatic carbocycles. The first-order valence-corrected chi connectivity index (χ1v) is 6.17. The molecule has 0 heterocycles. The quantitative estimate of drug-likeness (QED) is 0.843. The number of hydrogen-bond donors (Lipinski definition) is 1. The van der Waals surface area contributed by atoms with Crippen molar-refractivity contribution >= 4 is 12.4 Å². The molecule has 7 heteroatoms. The molecule has 0 amide bonds. The van der Waals surface area contributed by atoms with Crippen LogP contribution in [0.25, 0.3) is 0 Å². The number of hydrogen-bond acceptors (Lipinski definition) is 2. The monoisotopic (exact) mass is 313 g/mol. The van der Waals surface area contributed by atoms with Gasteiger partial charge in [-0.3, -0.25) is 0 Å². The lowest BCUT2D eigenvalue weighted by Crippen LogP contribution is -2.20. The molecule has 0 spiro atoms. The molecule has 1 aromatic carbocycles. The molecule has 2 N–H and O–H groups in total. The van der Waals surface area contributed by atoms with Gasteiger partial charge in [0.15, 0.2) is 11.6 Å². The van der Waals surface area contributed by atoms with Gasteiger partial charge in [-0.05, 0) is 36.5 Å². The molecule has 0 bridgehead atoms. The Morgan fingerprint density at radius 2 is 1.80 bits per heavy atom. The third kappa shape index (κ3) is 4.24. The van der Waals surface area contributed by atoms with Crippen LogP contribution >= 0.6 is 12.4 Å². The summed E-state index contributed by atoms with van der Waals surface area (Å²) in [6.07, 6.45) is -0.755. The van der Waals surface area contributed by atoms with Gasteiger partial charge in [0, 0.05) is 6.04 Å². The van der Waals surface area contributed by atoms with Crippen molar-refractivity contribution < 1.29 is 22.3 Å². The van der Waals surface area contributed by atoms with Gasteiger partial charge >= 0.3 is 6.36 Å². The molecule has 114 valence electrons. The van der Waals surface area contributed by atoms with Crippen LogP contribution < -0.4 is 10.5 Å². The third-order valence-corrected chi connectivity index (χ3v) is 3.47. The average molecular weight is 314 g/mol. The van der Waals surface area contributed by atoms with Crippen molar-refractivity contribution in [2.24, 2.45) is 11.7 Å². The minimum atomic E-state index is -4.89. The van der Waals surface area contributed by atoms with Gasteiger partial charge in [-0.15, -0.1) is 25.6 Å². The van der Waals surface area contributed by atoms with Crippen molar-refractivity contribution in [3.05, 3.63) is 29.6 Å². The second-order valence-corrected chi connectivity index (χ2v) is 4.81. The zero-order chi connectivity index (χ0) is 14.0. The molecule has 0 radical (unpaired) electrons. The highest BCUT2D eigenvalue weighted by Crippen LogP contribution is 2.35. The molecule has 1 aliphatic rings. The van der Waals surface area contributed by atoms with Crippen molar-refractivity contribution in [2.75, 3.05) is 0 Å². The molecule has 0 aliphatic heterocycles. The van der Waals surface area contributed by atoms with Gasteiger partial charge in [0.05, 0.1) is 0 Å². The fourth-order valence-corrected chi connectivity index (χ4v) is 2.52. The molecule has 20 heavy (non-hydrogen) atoms. The molecule has 1 aromatic rings. The summed E-state index contributed by atoms with van der Waals surface area (Å²) < 4.78 is 53.2. The van der Waals surface area contributed by atoms with Crippen molar-refractivity contribution in [1.29, 1.82) is 0 Å². The van der Waals surface area contributed by atoms with Crippen LogP contribution in [0, 0.1) is 11.7 Å². The molecule has 0 saturated heterocycles. The van der Waals surface area contributed by atoms with Crippen LogP contribution in [0.2, 0.25) is 0 Å². The summed E-state index contributed by atoms with van der Waals surface area (Å²) >= 11 is 0. The molecule has 0 unspecified atom stereocenters. The van der Waals surface area contributed by atoms with Gasteiger partial charge in [0.25, 0.3) is 0 Å². The lowest BCUT2D eigenvalue weighted by molar-refractivity contribution is -0.275. The van der Waals surface area contributed by atoms with Crippen molar-refractivity contribution in [3.63, 3.8) is 0 Å². The lowest BCUT2D eigenvalue weighted by atomic mass is 9.92. The second-order valence-electron chi connectivity index (χ2n) is 4.81. The van der Waals surface area contributed by atoms with Crippen molar-refractivity contribution in [2.45, 2.75) is 38.1 Å². The van der Waals surface area contributed by atoms with Crippen LogP contribution in [-0.4, -0.2) is 6.36 Å². The van der Waals surface area contributed by atoms with Gasteiger partial charge in [0.1, 0.15) is 0 Å². The zero-order valence-electron chi connectivity index (χ0n) is 10.6. The summed E-state index contributed by atoms with van der Waals surface area (Å²) in [4.78, 5) is 0. The van der Waals surface area contributed by atoms with E-state index in [1.165, 1.54) is 6.07 Å². The highest BCUT2D eigenvalue weighted by molar-refractivity contribution is 5.85. The van der Waals surface area contributed by atoms with Crippen LogP contribution in [-0.2, 0) is 0 Å². The fourth-order valence-electron chi connectivity index (χ4n) is 2.52. The Kier molecular flexibility index (Phi) is 5.65. The predicted molar refractivity (Wildman–Crippen MR) is 69.2 cm³/mol. The smallest absolute Gasteiger partial charge is 0.403 e. The van der Waals surface area contributed by atoms with E-state index in [0.717, 1.165) is 37.8 Å². The van der Waals surface area contributed by atoms with E-state index in [4.69, 9.17) is 5.73 Å². The topological polar surface area (TPSA) is 35.2 Å². The van der Waals surface area contributed by atoms with Crippen molar-refractivity contribution in [1.82, 2.24) is 0 Å². The third-order valence-electron chi connectivity index (χ3n) is 3.47. The summed E-state index contributed by atoms with van der Waals surface area (Å²) in [5, 5.41) is 0. The Morgan fingerprint density at radius 3 is 2.30 bits per heavy atom. The molecule has 0 aromatic heterocycles. The number of rotatable bonds is 3. The summed E-state index contributed by atoms with van der Waals surface area (Å²) in [6.45, 7) is 0. The van der Waals surface area contributed by atoms with Crippen LogP contribution in [0.1, 0.15) is 37.3 Å². The molecular formula is C13H16ClF4NO.